The van der Waals surface area contributed by atoms with Crippen molar-refractivity contribution in [2.75, 3.05) is 26.7 Å². The van der Waals surface area contributed by atoms with E-state index < -0.39 is 10.0 Å². The summed E-state index contributed by atoms with van der Waals surface area (Å²) in [6.45, 7) is 5.29. The number of benzene rings is 1. The maximum absolute atomic E-state index is 12.9. The predicted molar refractivity (Wildman–Crippen MR) is 119 cm³/mol. The van der Waals surface area contributed by atoms with Crippen LogP contribution < -0.4 is 10.2 Å². The second-order valence-electron chi connectivity index (χ2n) is 9.00. The van der Waals surface area contributed by atoms with E-state index in [1.165, 1.54) is 36.5 Å². The number of likely N-dealkylation sites (tertiary alicyclic amines) is 1. The monoisotopic (exact) mass is 436 g/mol. The third kappa shape index (κ3) is 5.83. The number of nitrogens with zero attached hydrogens (tertiary/aromatic N) is 1. The van der Waals surface area contributed by atoms with E-state index >= 15 is 0 Å². The van der Waals surface area contributed by atoms with Crippen LogP contribution in [0.2, 0.25) is 0 Å². The SMILES string of the molecule is C[C@@H]1CCCC[NH+]1CCCNC(=O)c1ccc(S(=O)(=O)N(C)C2CCCCC2)cc1. The molecular formula is C23H38N3O3S+. The summed E-state index contributed by atoms with van der Waals surface area (Å²) in [5, 5.41) is 2.97. The molecule has 2 atom stereocenters. The zero-order chi connectivity index (χ0) is 21.6. The number of amides is 1. The van der Waals surface area contributed by atoms with Gasteiger partial charge in [-0.05, 0) is 63.3 Å². The third-order valence-corrected chi connectivity index (χ3v) is 8.85. The average molecular weight is 437 g/mol. The predicted octanol–water partition coefficient (Wildman–Crippen LogP) is 2.22. The van der Waals surface area contributed by atoms with Gasteiger partial charge in [-0.15, -0.1) is 0 Å². The highest BCUT2D eigenvalue weighted by Gasteiger charge is 2.29. The van der Waals surface area contributed by atoms with Crippen molar-refractivity contribution < 1.29 is 18.1 Å². The second-order valence-corrected chi connectivity index (χ2v) is 11.0. The van der Waals surface area contributed by atoms with Crippen LogP contribution in [0.1, 0.15) is 75.1 Å². The van der Waals surface area contributed by atoms with E-state index in [-0.39, 0.29) is 16.8 Å². The molecule has 3 rings (SSSR count). The first-order valence-corrected chi connectivity index (χ1v) is 13.0. The van der Waals surface area contributed by atoms with Crippen molar-refractivity contribution in [3.05, 3.63) is 29.8 Å². The van der Waals surface area contributed by atoms with Gasteiger partial charge < -0.3 is 10.2 Å². The normalized spacial score (nSPS) is 23.4. The van der Waals surface area contributed by atoms with Crippen molar-refractivity contribution >= 4 is 15.9 Å². The van der Waals surface area contributed by atoms with E-state index in [4.69, 9.17) is 0 Å². The summed E-state index contributed by atoms with van der Waals surface area (Å²) in [4.78, 5) is 14.3. The molecule has 7 heteroatoms. The van der Waals surface area contributed by atoms with Crippen LogP contribution in [0.4, 0.5) is 0 Å². The number of nitrogens with one attached hydrogen (secondary N) is 2. The van der Waals surface area contributed by atoms with Gasteiger partial charge in [-0.2, -0.15) is 4.31 Å². The van der Waals surface area contributed by atoms with Crippen LogP contribution in [-0.2, 0) is 10.0 Å². The fourth-order valence-electron chi connectivity index (χ4n) is 4.83. The van der Waals surface area contributed by atoms with Crippen LogP contribution in [0.25, 0.3) is 0 Å². The van der Waals surface area contributed by atoms with Gasteiger partial charge in [0, 0.05) is 31.6 Å². The van der Waals surface area contributed by atoms with Gasteiger partial charge in [0.2, 0.25) is 10.0 Å². The number of rotatable bonds is 8. The number of hydrogen-bond acceptors (Lipinski definition) is 3. The number of hydrogen-bond donors (Lipinski definition) is 2. The van der Waals surface area contributed by atoms with E-state index in [9.17, 15) is 13.2 Å². The van der Waals surface area contributed by atoms with Crippen LogP contribution in [0.5, 0.6) is 0 Å². The highest BCUT2D eigenvalue weighted by Crippen LogP contribution is 2.26. The van der Waals surface area contributed by atoms with Crippen molar-refractivity contribution in [1.29, 1.82) is 0 Å². The van der Waals surface area contributed by atoms with Gasteiger partial charge in [-0.1, -0.05) is 19.3 Å². The number of carbonyl (C=O) groups is 1. The molecule has 0 aromatic heterocycles. The Morgan fingerprint density at radius 2 is 1.73 bits per heavy atom. The minimum absolute atomic E-state index is 0.0801. The van der Waals surface area contributed by atoms with Gasteiger partial charge in [0.05, 0.1) is 24.0 Å². The minimum atomic E-state index is -3.52. The quantitative estimate of drug-likeness (QED) is 0.614. The van der Waals surface area contributed by atoms with Crippen LogP contribution in [0.15, 0.2) is 29.2 Å². The molecule has 1 aliphatic carbocycles. The lowest BCUT2D eigenvalue weighted by Gasteiger charge is -2.30. The average Bonchev–Trinajstić information content (AvgIpc) is 2.77. The lowest BCUT2D eigenvalue weighted by atomic mass is 9.96. The van der Waals surface area contributed by atoms with Gasteiger partial charge in [0.15, 0.2) is 0 Å². The molecule has 168 valence electrons. The molecule has 30 heavy (non-hydrogen) atoms. The van der Waals surface area contributed by atoms with Crippen molar-refractivity contribution in [3.8, 4) is 0 Å². The smallest absolute Gasteiger partial charge is 0.251 e. The van der Waals surface area contributed by atoms with Gasteiger partial charge in [-0.25, -0.2) is 8.42 Å². The van der Waals surface area contributed by atoms with E-state index in [1.807, 2.05) is 0 Å². The highest BCUT2D eigenvalue weighted by atomic mass is 32.2. The Balaban J connectivity index is 1.49. The van der Waals surface area contributed by atoms with E-state index in [0.717, 1.165) is 44.7 Å². The number of sulfonamides is 1. The molecule has 6 nitrogen and oxygen atoms in total. The molecule has 2 aliphatic rings. The molecule has 1 amide bonds. The summed E-state index contributed by atoms with van der Waals surface area (Å²) in [6.07, 6.45) is 10.1. The zero-order valence-electron chi connectivity index (χ0n) is 18.5. The summed E-state index contributed by atoms with van der Waals surface area (Å²) in [6, 6.07) is 7.16. The first-order chi connectivity index (χ1) is 14.4. The molecule has 1 heterocycles. The lowest BCUT2D eigenvalue weighted by Crippen LogP contribution is -3.16. The summed E-state index contributed by atoms with van der Waals surface area (Å²) in [7, 11) is -1.84. The molecule has 0 spiro atoms. The van der Waals surface area contributed by atoms with Crippen molar-refractivity contribution in [2.24, 2.45) is 0 Å². The van der Waals surface area contributed by atoms with Crippen molar-refractivity contribution in [1.82, 2.24) is 9.62 Å². The molecule has 1 aromatic rings. The van der Waals surface area contributed by atoms with E-state index in [1.54, 1.807) is 36.2 Å². The highest BCUT2D eigenvalue weighted by molar-refractivity contribution is 7.89. The molecule has 2 fully saturated rings. The number of quaternary nitrogens is 1. The van der Waals surface area contributed by atoms with Crippen LogP contribution >= 0.6 is 0 Å². The summed E-state index contributed by atoms with van der Waals surface area (Å²) in [5.41, 5.74) is 0.507. The summed E-state index contributed by atoms with van der Waals surface area (Å²) >= 11 is 0. The fraction of sp³-hybridized carbons (Fsp3) is 0.696. The maximum atomic E-state index is 12.9. The lowest BCUT2D eigenvalue weighted by molar-refractivity contribution is -0.928. The Morgan fingerprint density at radius 1 is 1.07 bits per heavy atom. The van der Waals surface area contributed by atoms with Crippen LogP contribution in [0, 0.1) is 0 Å². The molecule has 1 aromatic carbocycles. The molecule has 1 saturated carbocycles. The Hall–Kier alpha value is -1.44. The largest absolute Gasteiger partial charge is 0.352 e. The molecule has 0 bridgehead atoms. The Bertz CT molecular complexity index is 788. The molecule has 2 N–H and O–H groups in total. The Labute approximate surface area is 182 Å². The Kier molecular flexibility index (Phi) is 8.31. The molecule has 1 saturated heterocycles. The fourth-order valence-corrected chi connectivity index (χ4v) is 6.25. The van der Waals surface area contributed by atoms with Gasteiger partial charge in [0.1, 0.15) is 0 Å². The topological polar surface area (TPSA) is 70.9 Å². The van der Waals surface area contributed by atoms with Crippen LogP contribution in [0.3, 0.4) is 0 Å². The summed E-state index contributed by atoms with van der Waals surface area (Å²) in [5.74, 6) is -0.138. The van der Waals surface area contributed by atoms with Gasteiger partial charge in [-0.3, -0.25) is 4.79 Å². The standard InChI is InChI=1S/C23H37N3O3S/c1-19-9-6-7-17-26(19)18-8-16-24-23(27)20-12-14-22(15-13-20)30(28,29)25(2)21-10-4-3-5-11-21/h12-15,19,21H,3-11,16-18H2,1-2H3,(H,24,27)/p+1/t19-/m1/s1. The van der Waals surface area contributed by atoms with Crippen LogP contribution in [-0.4, -0.2) is 57.4 Å². The van der Waals surface area contributed by atoms with Crippen molar-refractivity contribution in [2.45, 2.75) is 81.7 Å². The van der Waals surface area contributed by atoms with E-state index in [0.29, 0.717) is 12.1 Å². The Morgan fingerprint density at radius 3 is 2.40 bits per heavy atom. The van der Waals surface area contributed by atoms with Crippen molar-refractivity contribution in [3.63, 3.8) is 0 Å². The third-order valence-electron chi connectivity index (χ3n) is 6.92. The summed E-state index contributed by atoms with van der Waals surface area (Å²) < 4.78 is 27.4. The second kappa shape index (κ2) is 10.7. The molecule has 1 unspecified atom stereocenters. The molecule has 1 aliphatic heterocycles. The minimum Gasteiger partial charge on any atom is -0.352 e. The number of piperidine rings is 1. The zero-order valence-corrected chi connectivity index (χ0v) is 19.3. The molecular weight excluding hydrogens is 398 g/mol. The van der Waals surface area contributed by atoms with Gasteiger partial charge >= 0.3 is 0 Å². The number of carbonyl (C=O) groups excluding carboxylic acids is 1. The first-order valence-electron chi connectivity index (χ1n) is 11.6. The first kappa shape index (κ1) is 23.2. The maximum Gasteiger partial charge on any atom is 0.251 e. The van der Waals surface area contributed by atoms with E-state index in [2.05, 4.69) is 12.2 Å². The van der Waals surface area contributed by atoms with Gasteiger partial charge in [0.25, 0.3) is 5.91 Å². The molecule has 0 radical (unpaired) electrons.